The summed E-state index contributed by atoms with van der Waals surface area (Å²) in [7, 11) is 0. The van der Waals surface area contributed by atoms with Gasteiger partial charge in [-0.05, 0) is 31.4 Å². The largest absolute Gasteiger partial charge is 0.393 e. The van der Waals surface area contributed by atoms with Crippen molar-refractivity contribution in [3.63, 3.8) is 0 Å². The molecule has 122 valence electrons. The number of aliphatic hydroxyl groups excluding tert-OH is 1. The first-order valence-corrected chi connectivity index (χ1v) is 6.97. The molecule has 0 aliphatic carbocycles. The smallest absolute Gasteiger partial charge is 0.251 e. The van der Waals surface area contributed by atoms with Crippen molar-refractivity contribution in [2.75, 3.05) is 13.1 Å². The maximum Gasteiger partial charge on any atom is 0.251 e. The number of halogens is 2. The summed E-state index contributed by atoms with van der Waals surface area (Å²) in [5.74, 6) is -2.77. The van der Waals surface area contributed by atoms with E-state index < -0.39 is 29.6 Å². The number of carbonyl (C=O) groups is 2. The molecule has 0 spiro atoms. The van der Waals surface area contributed by atoms with E-state index in [0.717, 1.165) is 12.1 Å². The summed E-state index contributed by atoms with van der Waals surface area (Å²) in [5, 5.41) is 14.1. The number of amides is 2. The predicted molar refractivity (Wildman–Crippen MR) is 77.2 cm³/mol. The third-order valence-electron chi connectivity index (χ3n) is 2.93. The number of carbonyl (C=O) groups excluding carboxylic acids is 2. The number of rotatable bonds is 7. The van der Waals surface area contributed by atoms with Crippen LogP contribution in [0.4, 0.5) is 8.78 Å². The highest BCUT2D eigenvalue weighted by molar-refractivity contribution is 5.96. The zero-order valence-corrected chi connectivity index (χ0v) is 12.5. The molecule has 0 bridgehead atoms. The fourth-order valence-corrected chi connectivity index (χ4v) is 1.96. The topological polar surface area (TPSA) is 78.4 Å². The van der Waals surface area contributed by atoms with Crippen molar-refractivity contribution in [2.45, 2.75) is 26.4 Å². The summed E-state index contributed by atoms with van der Waals surface area (Å²) in [6, 6.07) is 2.44. The zero-order valence-electron chi connectivity index (χ0n) is 12.5. The van der Waals surface area contributed by atoms with Gasteiger partial charge in [0.1, 0.15) is 11.6 Å². The number of benzene rings is 1. The first-order valence-electron chi connectivity index (χ1n) is 6.97. The maximum absolute atomic E-state index is 13.0. The van der Waals surface area contributed by atoms with Gasteiger partial charge in [0.05, 0.1) is 12.6 Å². The summed E-state index contributed by atoms with van der Waals surface area (Å²) in [5.41, 5.74) is -0.187. The lowest BCUT2D eigenvalue weighted by atomic mass is 10.0. The minimum absolute atomic E-state index is 0.0944. The van der Waals surface area contributed by atoms with Crippen LogP contribution in [0, 0.1) is 17.6 Å². The lowest BCUT2D eigenvalue weighted by molar-refractivity contribution is -0.120. The second-order valence-electron chi connectivity index (χ2n) is 5.33. The first-order chi connectivity index (χ1) is 10.3. The molecule has 0 fully saturated rings. The predicted octanol–water partition coefficient (Wildman–Crippen LogP) is 1.22. The molecule has 3 N–H and O–H groups in total. The summed E-state index contributed by atoms with van der Waals surface area (Å²) >= 11 is 0. The van der Waals surface area contributed by atoms with Crippen molar-refractivity contribution in [1.29, 1.82) is 0 Å². The molecule has 1 aromatic rings. The SMILES string of the molecule is CC(O)CC(C)CNC(=O)CNC(=O)c1cc(F)cc(F)c1. The Morgan fingerprint density at radius 2 is 1.73 bits per heavy atom. The Labute approximate surface area is 127 Å². The summed E-state index contributed by atoms with van der Waals surface area (Å²) < 4.78 is 26.0. The van der Waals surface area contributed by atoms with Crippen molar-refractivity contribution in [2.24, 2.45) is 5.92 Å². The molecule has 5 nitrogen and oxygen atoms in total. The van der Waals surface area contributed by atoms with Crippen molar-refractivity contribution >= 4 is 11.8 Å². The summed E-state index contributed by atoms with van der Waals surface area (Å²) in [4.78, 5) is 23.2. The molecule has 0 saturated heterocycles. The number of nitrogens with one attached hydrogen (secondary N) is 2. The molecular weight excluding hydrogens is 294 g/mol. The van der Waals surface area contributed by atoms with Gasteiger partial charge in [-0.3, -0.25) is 9.59 Å². The highest BCUT2D eigenvalue weighted by atomic mass is 19.1. The molecule has 7 heteroatoms. The van der Waals surface area contributed by atoms with E-state index in [1.54, 1.807) is 6.92 Å². The Morgan fingerprint density at radius 1 is 1.14 bits per heavy atom. The molecule has 1 rings (SSSR count). The highest BCUT2D eigenvalue weighted by Gasteiger charge is 2.12. The van der Waals surface area contributed by atoms with Gasteiger partial charge < -0.3 is 15.7 Å². The second kappa shape index (κ2) is 8.43. The quantitative estimate of drug-likeness (QED) is 0.708. The van der Waals surface area contributed by atoms with Crippen LogP contribution < -0.4 is 10.6 Å². The average molecular weight is 314 g/mol. The van der Waals surface area contributed by atoms with Crippen LogP contribution >= 0.6 is 0 Å². The summed E-state index contributed by atoms with van der Waals surface area (Å²) in [6.45, 7) is 3.62. The van der Waals surface area contributed by atoms with Crippen LogP contribution in [0.1, 0.15) is 30.6 Å². The van der Waals surface area contributed by atoms with Gasteiger partial charge >= 0.3 is 0 Å². The Bertz CT molecular complexity index is 515. The van der Waals surface area contributed by atoms with E-state index in [-0.39, 0.29) is 18.0 Å². The van der Waals surface area contributed by atoms with Crippen LogP contribution in [0.3, 0.4) is 0 Å². The van der Waals surface area contributed by atoms with Gasteiger partial charge in [0, 0.05) is 18.2 Å². The van der Waals surface area contributed by atoms with E-state index >= 15 is 0 Å². The van der Waals surface area contributed by atoms with Crippen LogP contribution in [0.25, 0.3) is 0 Å². The molecule has 2 atom stereocenters. The maximum atomic E-state index is 13.0. The van der Waals surface area contributed by atoms with E-state index in [2.05, 4.69) is 10.6 Å². The van der Waals surface area contributed by atoms with Crippen molar-refractivity contribution < 1.29 is 23.5 Å². The van der Waals surface area contributed by atoms with Crippen LogP contribution in [0.5, 0.6) is 0 Å². The Kier molecular flexibility index (Phi) is 6.91. The second-order valence-corrected chi connectivity index (χ2v) is 5.33. The van der Waals surface area contributed by atoms with Crippen molar-refractivity contribution in [1.82, 2.24) is 10.6 Å². The monoisotopic (exact) mass is 314 g/mol. The average Bonchev–Trinajstić information content (AvgIpc) is 2.40. The zero-order chi connectivity index (χ0) is 16.7. The third-order valence-corrected chi connectivity index (χ3v) is 2.93. The molecule has 0 radical (unpaired) electrons. The van der Waals surface area contributed by atoms with Crippen molar-refractivity contribution in [3.05, 3.63) is 35.4 Å². The molecule has 22 heavy (non-hydrogen) atoms. The van der Waals surface area contributed by atoms with Gasteiger partial charge in [-0.25, -0.2) is 8.78 Å². The lowest BCUT2D eigenvalue weighted by Crippen LogP contribution is -2.38. The van der Waals surface area contributed by atoms with Crippen molar-refractivity contribution in [3.8, 4) is 0 Å². The van der Waals surface area contributed by atoms with E-state index in [9.17, 15) is 23.5 Å². The molecule has 0 heterocycles. The molecule has 1 aromatic carbocycles. The van der Waals surface area contributed by atoms with Gasteiger partial charge in [-0.1, -0.05) is 6.92 Å². The Hall–Kier alpha value is -2.02. The van der Waals surface area contributed by atoms with Gasteiger partial charge in [-0.15, -0.1) is 0 Å². The Balaban J connectivity index is 2.39. The van der Waals surface area contributed by atoms with Gasteiger partial charge in [0.25, 0.3) is 5.91 Å². The highest BCUT2D eigenvalue weighted by Crippen LogP contribution is 2.07. The Morgan fingerprint density at radius 3 is 2.27 bits per heavy atom. The van der Waals surface area contributed by atoms with E-state index in [1.807, 2.05) is 6.92 Å². The van der Waals surface area contributed by atoms with E-state index in [4.69, 9.17) is 0 Å². The standard InChI is InChI=1S/C15H20F2N2O3/c1-9(3-10(2)20)7-18-14(21)8-19-15(22)11-4-12(16)6-13(17)5-11/h4-6,9-10,20H,3,7-8H2,1-2H3,(H,18,21)(H,19,22). The fraction of sp³-hybridized carbons (Fsp3) is 0.467. The van der Waals surface area contributed by atoms with Crippen LogP contribution in [-0.4, -0.2) is 36.1 Å². The van der Waals surface area contributed by atoms with Gasteiger partial charge in [0.2, 0.25) is 5.91 Å². The lowest BCUT2D eigenvalue weighted by Gasteiger charge is -2.14. The van der Waals surface area contributed by atoms with Gasteiger partial charge in [-0.2, -0.15) is 0 Å². The molecule has 0 saturated carbocycles. The number of hydrogen-bond acceptors (Lipinski definition) is 3. The summed E-state index contributed by atoms with van der Waals surface area (Å²) in [6.07, 6.45) is 0.101. The number of aliphatic hydroxyl groups is 1. The van der Waals surface area contributed by atoms with E-state index in [1.165, 1.54) is 0 Å². The third kappa shape index (κ3) is 6.62. The minimum atomic E-state index is -0.860. The molecule has 2 unspecified atom stereocenters. The number of hydrogen-bond donors (Lipinski definition) is 3. The molecule has 2 amide bonds. The molecular formula is C15H20F2N2O3. The molecule has 0 aromatic heterocycles. The first kappa shape index (κ1) is 18.0. The van der Waals surface area contributed by atoms with E-state index in [0.29, 0.717) is 19.0 Å². The van der Waals surface area contributed by atoms with Gasteiger partial charge in [0.15, 0.2) is 0 Å². The normalized spacial score (nSPS) is 13.3. The van der Waals surface area contributed by atoms with Crippen LogP contribution in [0.15, 0.2) is 18.2 Å². The van der Waals surface area contributed by atoms with Crippen LogP contribution in [0.2, 0.25) is 0 Å². The van der Waals surface area contributed by atoms with Crippen LogP contribution in [-0.2, 0) is 4.79 Å². The molecule has 0 aliphatic heterocycles. The minimum Gasteiger partial charge on any atom is -0.393 e. The fourth-order valence-electron chi connectivity index (χ4n) is 1.96. The molecule has 0 aliphatic rings.